The standard InChI is InChI=1S/C33H73N3O5SSi4/c1-23(38-43(15,16)30(2,3)4)24(35-36-34)25-26(39-44(17,18)31(5,6)7)27(40-45(19,20)32(8,9)10)28(29(37-25)42-14)41-46(21,22)33(11,12)13/h23-29H,1-22H3/t23-,24+,25-,26+,27+,28-,29-/m1/s1. The number of hydrogen-bond acceptors (Lipinski definition) is 7. The second-order valence-corrected chi connectivity index (χ2v) is 39.5. The maximum absolute atomic E-state index is 9.98. The average Bonchev–Trinajstić information content (AvgIpc) is 2.81. The molecular formula is C33H73N3O5SSi4. The first-order chi connectivity index (χ1) is 20.2. The first-order valence-corrected chi connectivity index (χ1v) is 30.0. The van der Waals surface area contributed by atoms with Gasteiger partial charge in [-0.1, -0.05) is 88.2 Å². The molecule has 0 N–H and O–H groups in total. The number of rotatable bonds is 12. The van der Waals surface area contributed by atoms with Crippen LogP contribution in [0.2, 0.25) is 72.5 Å². The fourth-order valence-corrected chi connectivity index (χ4v) is 10.6. The summed E-state index contributed by atoms with van der Waals surface area (Å²) in [7, 11) is -9.25. The van der Waals surface area contributed by atoms with Crippen LogP contribution in [0.15, 0.2) is 5.11 Å². The van der Waals surface area contributed by atoms with Crippen molar-refractivity contribution in [2.24, 2.45) is 5.11 Å². The monoisotopic (exact) mass is 735 g/mol. The van der Waals surface area contributed by atoms with E-state index in [9.17, 15) is 5.53 Å². The van der Waals surface area contributed by atoms with Gasteiger partial charge in [-0.3, -0.25) is 0 Å². The highest BCUT2D eigenvalue weighted by atomic mass is 32.2. The molecule has 1 rings (SSSR count). The van der Waals surface area contributed by atoms with Gasteiger partial charge in [0.05, 0.1) is 24.4 Å². The third kappa shape index (κ3) is 10.4. The molecule has 0 spiro atoms. The first-order valence-electron chi connectivity index (χ1n) is 17.1. The van der Waals surface area contributed by atoms with Gasteiger partial charge < -0.3 is 22.4 Å². The molecule has 13 heteroatoms. The topological polar surface area (TPSA) is 94.9 Å². The van der Waals surface area contributed by atoms with Crippen LogP contribution in [0.5, 0.6) is 0 Å². The number of hydrogen-bond donors (Lipinski definition) is 0. The van der Waals surface area contributed by atoms with E-state index in [1.165, 1.54) is 0 Å². The van der Waals surface area contributed by atoms with Crippen molar-refractivity contribution in [2.75, 3.05) is 6.26 Å². The molecule has 272 valence electrons. The fourth-order valence-electron chi connectivity index (χ4n) is 4.44. The summed E-state index contributed by atoms with van der Waals surface area (Å²) in [4.78, 5) is 3.38. The maximum atomic E-state index is 9.98. The molecule has 1 aliphatic rings. The molecule has 0 aromatic heterocycles. The number of thioether (sulfide) groups is 1. The van der Waals surface area contributed by atoms with Gasteiger partial charge in [-0.15, -0.1) is 11.8 Å². The van der Waals surface area contributed by atoms with Crippen LogP contribution in [0.25, 0.3) is 10.4 Å². The highest BCUT2D eigenvalue weighted by molar-refractivity contribution is 7.99. The Morgan fingerprint density at radius 1 is 0.630 bits per heavy atom. The number of azide groups is 1. The molecule has 0 unspecified atom stereocenters. The molecule has 0 saturated carbocycles. The fraction of sp³-hybridized carbons (Fsp3) is 1.00. The average molecular weight is 736 g/mol. The Balaban J connectivity index is 4.11. The molecule has 0 radical (unpaired) electrons. The molecule has 1 saturated heterocycles. The van der Waals surface area contributed by atoms with Gasteiger partial charge in [0, 0.05) is 4.91 Å². The molecule has 0 aromatic rings. The third-order valence-corrected chi connectivity index (χ3v) is 30.6. The van der Waals surface area contributed by atoms with E-state index in [0.717, 1.165) is 0 Å². The molecule has 46 heavy (non-hydrogen) atoms. The summed E-state index contributed by atoms with van der Waals surface area (Å²) < 4.78 is 36.3. The number of nitrogens with zero attached hydrogens (tertiary/aromatic N) is 3. The molecular weight excluding hydrogens is 663 g/mol. The van der Waals surface area contributed by atoms with Crippen molar-refractivity contribution in [3.8, 4) is 0 Å². The lowest BCUT2D eigenvalue weighted by Gasteiger charge is -2.56. The first kappa shape index (κ1) is 44.3. The zero-order chi connectivity index (χ0) is 36.7. The van der Waals surface area contributed by atoms with E-state index in [-0.39, 0.29) is 37.8 Å². The van der Waals surface area contributed by atoms with Crippen LogP contribution < -0.4 is 0 Å². The Kier molecular flexibility index (Phi) is 14.4. The summed E-state index contributed by atoms with van der Waals surface area (Å²) in [6.45, 7) is 47.3. The van der Waals surface area contributed by atoms with Gasteiger partial charge in [-0.25, -0.2) is 0 Å². The molecule has 7 atom stereocenters. The molecule has 1 fully saturated rings. The Bertz CT molecular complexity index is 1060. The highest BCUT2D eigenvalue weighted by Gasteiger charge is 2.58. The second kappa shape index (κ2) is 14.9. The van der Waals surface area contributed by atoms with Gasteiger partial charge >= 0.3 is 0 Å². The Labute approximate surface area is 292 Å². The molecule has 8 nitrogen and oxygen atoms in total. The summed E-state index contributed by atoms with van der Waals surface area (Å²) >= 11 is 1.64. The molecule has 0 bridgehead atoms. The van der Waals surface area contributed by atoms with Crippen molar-refractivity contribution < 1.29 is 22.4 Å². The SMILES string of the molecule is CS[C@H]1O[C@H]([C@@H](N=[N+]=[N-])[C@@H](C)O[Si](C)(C)C(C)(C)C)[C@H](O[Si](C)(C)C(C)(C)C)[C@H](O[Si](C)(C)C(C)(C)C)[C@H]1O[Si](C)(C)C(C)(C)C. The predicted molar refractivity (Wildman–Crippen MR) is 209 cm³/mol. The van der Waals surface area contributed by atoms with Crippen molar-refractivity contribution >= 4 is 45.0 Å². The summed E-state index contributed by atoms with van der Waals surface area (Å²) in [6.07, 6.45) is -0.205. The van der Waals surface area contributed by atoms with E-state index >= 15 is 0 Å². The minimum atomic E-state index is -2.40. The minimum absolute atomic E-state index is 0.00941. The Morgan fingerprint density at radius 2 is 0.978 bits per heavy atom. The van der Waals surface area contributed by atoms with Crippen molar-refractivity contribution in [3.63, 3.8) is 0 Å². The molecule has 0 aromatic carbocycles. The van der Waals surface area contributed by atoms with E-state index in [0.29, 0.717) is 0 Å². The minimum Gasteiger partial charge on any atom is -0.414 e. The quantitative estimate of drug-likeness (QED) is 0.0857. The number of ether oxygens (including phenoxy) is 1. The largest absolute Gasteiger partial charge is 0.414 e. The summed E-state index contributed by atoms with van der Waals surface area (Å²) in [5.41, 5.74) is 9.63. The second-order valence-electron chi connectivity index (χ2n) is 19.5. The van der Waals surface area contributed by atoms with Crippen molar-refractivity contribution in [1.29, 1.82) is 0 Å². The van der Waals surface area contributed by atoms with Gasteiger partial charge in [0.15, 0.2) is 33.3 Å². The molecule has 0 aliphatic carbocycles. The lowest BCUT2D eigenvalue weighted by molar-refractivity contribution is -0.194. The zero-order valence-electron chi connectivity index (χ0n) is 33.8. The predicted octanol–water partition coefficient (Wildman–Crippen LogP) is 11.3. The highest BCUT2D eigenvalue weighted by Crippen LogP contribution is 2.48. The van der Waals surface area contributed by atoms with Gasteiger partial charge in [0.1, 0.15) is 17.6 Å². The van der Waals surface area contributed by atoms with Crippen LogP contribution in [-0.4, -0.2) is 81.5 Å². The molecule has 1 heterocycles. The lowest BCUT2D eigenvalue weighted by atomic mass is 9.93. The van der Waals surface area contributed by atoms with Gasteiger partial charge in [-0.05, 0) is 91.2 Å². The van der Waals surface area contributed by atoms with Crippen LogP contribution in [0, 0.1) is 0 Å². The third-order valence-electron chi connectivity index (χ3n) is 11.8. The summed E-state index contributed by atoms with van der Waals surface area (Å²) in [6, 6.07) is -0.622. The van der Waals surface area contributed by atoms with E-state index in [2.05, 4.69) is 152 Å². The van der Waals surface area contributed by atoms with Crippen LogP contribution in [0.3, 0.4) is 0 Å². The normalized spacial score (nSPS) is 26.0. The zero-order valence-corrected chi connectivity index (χ0v) is 38.6. The van der Waals surface area contributed by atoms with E-state index < -0.39 is 57.6 Å². The summed E-state index contributed by atoms with van der Waals surface area (Å²) in [5, 5.41) is 4.32. The Hall–Kier alpha value is 0.328. The van der Waals surface area contributed by atoms with Crippen LogP contribution in [0.4, 0.5) is 0 Å². The van der Waals surface area contributed by atoms with E-state index in [1.807, 2.05) is 6.92 Å². The van der Waals surface area contributed by atoms with Crippen LogP contribution >= 0.6 is 11.8 Å². The van der Waals surface area contributed by atoms with Gasteiger partial charge in [0.2, 0.25) is 0 Å². The maximum Gasteiger partial charge on any atom is 0.192 e. The lowest BCUT2D eigenvalue weighted by Crippen LogP contribution is -2.69. The van der Waals surface area contributed by atoms with Crippen LogP contribution in [-0.2, 0) is 22.4 Å². The van der Waals surface area contributed by atoms with Crippen LogP contribution in [0.1, 0.15) is 90.0 Å². The summed E-state index contributed by atoms with van der Waals surface area (Å²) in [5.74, 6) is 0. The van der Waals surface area contributed by atoms with Gasteiger partial charge in [-0.2, -0.15) is 0 Å². The van der Waals surface area contributed by atoms with E-state index in [4.69, 9.17) is 22.4 Å². The smallest absolute Gasteiger partial charge is 0.192 e. The van der Waals surface area contributed by atoms with Crippen molar-refractivity contribution in [2.45, 2.75) is 205 Å². The van der Waals surface area contributed by atoms with Crippen molar-refractivity contribution in [3.05, 3.63) is 10.4 Å². The molecule has 1 aliphatic heterocycles. The van der Waals surface area contributed by atoms with E-state index in [1.54, 1.807) is 11.8 Å². The van der Waals surface area contributed by atoms with Gasteiger partial charge in [0.25, 0.3) is 0 Å². The molecule has 0 amide bonds. The van der Waals surface area contributed by atoms with Crippen molar-refractivity contribution in [1.82, 2.24) is 0 Å². The Morgan fingerprint density at radius 3 is 1.30 bits per heavy atom.